The molecule has 0 radical (unpaired) electrons. The van der Waals surface area contributed by atoms with E-state index in [1.807, 2.05) is 36.4 Å². The minimum Gasteiger partial charge on any atom is -0.356 e. The molecular weight excluding hydrogens is 451 g/mol. The van der Waals surface area contributed by atoms with Crippen LogP contribution in [-0.4, -0.2) is 44.5 Å². The molecule has 2 aromatic rings. The second-order valence-corrected chi connectivity index (χ2v) is 6.43. The Bertz CT molecular complexity index is 774. The van der Waals surface area contributed by atoms with Crippen LogP contribution in [0.4, 0.5) is 0 Å². The average molecular weight is 480 g/mol. The van der Waals surface area contributed by atoms with E-state index in [2.05, 4.69) is 34.7 Å². The van der Waals surface area contributed by atoms with Crippen molar-refractivity contribution in [3.63, 3.8) is 0 Å². The van der Waals surface area contributed by atoms with Crippen LogP contribution in [-0.2, 0) is 13.0 Å². The third kappa shape index (κ3) is 7.21. The molecule has 6 heteroatoms. The van der Waals surface area contributed by atoms with Gasteiger partial charge in [-0.05, 0) is 42.2 Å². The average Bonchev–Trinajstić information content (AvgIpc) is 2.65. The standard InChI is InChI=1S/C21H28N4O.HI/c1-16-8-5-6-10-19(16)15-24-21(22-2)23-13-12-17-9-7-11-18(14-17)20(26)25(3)4;/h5-11,14H,12-13,15H2,1-4H3,(H2,22,23,24);1H. The number of guanidine groups is 1. The van der Waals surface area contributed by atoms with Crippen LogP contribution in [0.25, 0.3) is 0 Å². The Balaban J connectivity index is 0.00000364. The molecule has 27 heavy (non-hydrogen) atoms. The van der Waals surface area contributed by atoms with Crippen molar-refractivity contribution in [1.29, 1.82) is 0 Å². The molecule has 2 rings (SSSR count). The third-order valence-corrected chi connectivity index (χ3v) is 4.22. The van der Waals surface area contributed by atoms with Gasteiger partial charge in [0.05, 0.1) is 0 Å². The number of halogens is 1. The summed E-state index contributed by atoms with van der Waals surface area (Å²) >= 11 is 0. The van der Waals surface area contributed by atoms with Crippen LogP contribution in [0.5, 0.6) is 0 Å². The maximum atomic E-state index is 12.1. The Morgan fingerprint density at radius 2 is 1.81 bits per heavy atom. The van der Waals surface area contributed by atoms with Crippen LogP contribution in [0.3, 0.4) is 0 Å². The lowest BCUT2D eigenvalue weighted by Crippen LogP contribution is -2.38. The third-order valence-electron chi connectivity index (χ3n) is 4.22. The van der Waals surface area contributed by atoms with Crippen molar-refractivity contribution in [2.75, 3.05) is 27.7 Å². The summed E-state index contributed by atoms with van der Waals surface area (Å²) in [5, 5.41) is 6.66. The lowest BCUT2D eigenvalue weighted by atomic mass is 10.1. The van der Waals surface area contributed by atoms with E-state index in [0.717, 1.165) is 36.6 Å². The van der Waals surface area contributed by atoms with Crippen molar-refractivity contribution in [3.8, 4) is 0 Å². The normalized spacial score (nSPS) is 10.7. The molecule has 2 N–H and O–H groups in total. The van der Waals surface area contributed by atoms with Crippen LogP contribution < -0.4 is 10.6 Å². The fourth-order valence-corrected chi connectivity index (χ4v) is 2.65. The molecule has 0 spiro atoms. The lowest BCUT2D eigenvalue weighted by molar-refractivity contribution is 0.0827. The van der Waals surface area contributed by atoms with E-state index >= 15 is 0 Å². The largest absolute Gasteiger partial charge is 0.356 e. The summed E-state index contributed by atoms with van der Waals surface area (Å²) in [6.45, 7) is 3.58. The molecule has 146 valence electrons. The van der Waals surface area contributed by atoms with Gasteiger partial charge in [-0.25, -0.2) is 0 Å². The number of nitrogens with one attached hydrogen (secondary N) is 2. The Kier molecular flexibility index (Phi) is 9.85. The second kappa shape index (κ2) is 11.6. The molecule has 2 aromatic carbocycles. The Morgan fingerprint density at radius 1 is 1.07 bits per heavy atom. The molecule has 0 aliphatic carbocycles. The zero-order valence-corrected chi connectivity index (χ0v) is 18.8. The zero-order chi connectivity index (χ0) is 18.9. The van der Waals surface area contributed by atoms with E-state index in [9.17, 15) is 4.79 Å². The highest BCUT2D eigenvalue weighted by Gasteiger charge is 2.08. The van der Waals surface area contributed by atoms with Crippen molar-refractivity contribution in [3.05, 3.63) is 70.8 Å². The van der Waals surface area contributed by atoms with Gasteiger partial charge in [0.1, 0.15) is 0 Å². The summed E-state index contributed by atoms with van der Waals surface area (Å²) in [4.78, 5) is 17.9. The van der Waals surface area contributed by atoms with E-state index in [0.29, 0.717) is 0 Å². The minimum atomic E-state index is 0. The zero-order valence-electron chi connectivity index (χ0n) is 16.5. The molecule has 0 aliphatic rings. The summed E-state index contributed by atoms with van der Waals surface area (Å²) in [7, 11) is 5.30. The Hall–Kier alpha value is -2.09. The van der Waals surface area contributed by atoms with Crippen LogP contribution >= 0.6 is 24.0 Å². The lowest BCUT2D eigenvalue weighted by Gasteiger charge is -2.14. The van der Waals surface area contributed by atoms with Gasteiger partial charge >= 0.3 is 0 Å². The number of hydrogen-bond acceptors (Lipinski definition) is 2. The highest BCUT2D eigenvalue weighted by molar-refractivity contribution is 14.0. The molecule has 0 saturated carbocycles. The molecular formula is C21H29IN4O. The van der Waals surface area contributed by atoms with Crippen molar-refractivity contribution in [1.82, 2.24) is 15.5 Å². The summed E-state index contributed by atoms with van der Waals surface area (Å²) in [5.74, 6) is 0.796. The molecule has 0 saturated heterocycles. The fourth-order valence-electron chi connectivity index (χ4n) is 2.65. The Morgan fingerprint density at radius 3 is 2.48 bits per heavy atom. The molecule has 0 unspecified atom stereocenters. The van der Waals surface area contributed by atoms with Crippen LogP contribution in [0, 0.1) is 6.92 Å². The van der Waals surface area contributed by atoms with Crippen LogP contribution in [0.15, 0.2) is 53.5 Å². The fraction of sp³-hybridized carbons (Fsp3) is 0.333. The Labute approximate surface area is 179 Å². The number of aliphatic imine (C=N–C) groups is 1. The van der Waals surface area contributed by atoms with Crippen LogP contribution in [0.2, 0.25) is 0 Å². The van der Waals surface area contributed by atoms with Gasteiger partial charge in [-0.2, -0.15) is 0 Å². The highest BCUT2D eigenvalue weighted by atomic mass is 127. The number of aryl methyl sites for hydroxylation is 1. The smallest absolute Gasteiger partial charge is 0.253 e. The van der Waals surface area contributed by atoms with Gasteiger partial charge in [0.15, 0.2) is 5.96 Å². The molecule has 0 aromatic heterocycles. The monoisotopic (exact) mass is 480 g/mol. The van der Waals surface area contributed by atoms with Gasteiger partial charge in [-0.15, -0.1) is 24.0 Å². The van der Waals surface area contributed by atoms with Crippen molar-refractivity contribution in [2.45, 2.75) is 19.9 Å². The number of carbonyl (C=O) groups excluding carboxylic acids is 1. The number of amides is 1. The predicted octanol–water partition coefficient (Wildman–Crippen LogP) is 3.22. The summed E-state index contributed by atoms with van der Waals surface area (Å²) in [5.41, 5.74) is 4.36. The topological polar surface area (TPSA) is 56.7 Å². The van der Waals surface area contributed by atoms with Gasteiger partial charge < -0.3 is 15.5 Å². The number of benzene rings is 2. The first-order valence-corrected chi connectivity index (χ1v) is 8.81. The number of carbonyl (C=O) groups is 1. The van der Waals surface area contributed by atoms with Crippen molar-refractivity contribution < 1.29 is 4.79 Å². The first kappa shape index (κ1) is 23.0. The molecule has 0 fully saturated rings. The van der Waals surface area contributed by atoms with E-state index in [4.69, 9.17) is 0 Å². The van der Waals surface area contributed by atoms with E-state index in [1.54, 1.807) is 26.0 Å². The molecule has 0 bridgehead atoms. The number of rotatable bonds is 6. The maximum absolute atomic E-state index is 12.1. The molecule has 0 atom stereocenters. The molecule has 0 aliphatic heterocycles. The molecule has 5 nitrogen and oxygen atoms in total. The van der Waals surface area contributed by atoms with Gasteiger partial charge in [0, 0.05) is 39.8 Å². The first-order chi connectivity index (χ1) is 12.5. The van der Waals surface area contributed by atoms with E-state index in [1.165, 1.54) is 11.1 Å². The number of nitrogens with zero attached hydrogens (tertiary/aromatic N) is 2. The van der Waals surface area contributed by atoms with Gasteiger partial charge in [-0.1, -0.05) is 36.4 Å². The predicted molar refractivity (Wildman–Crippen MR) is 123 cm³/mol. The summed E-state index contributed by atoms with van der Waals surface area (Å²) in [6.07, 6.45) is 0.819. The maximum Gasteiger partial charge on any atom is 0.253 e. The minimum absolute atomic E-state index is 0. The van der Waals surface area contributed by atoms with E-state index < -0.39 is 0 Å². The first-order valence-electron chi connectivity index (χ1n) is 8.81. The molecule has 0 heterocycles. The number of hydrogen-bond donors (Lipinski definition) is 2. The van der Waals surface area contributed by atoms with Crippen molar-refractivity contribution >= 4 is 35.8 Å². The summed E-state index contributed by atoms with van der Waals surface area (Å²) < 4.78 is 0. The van der Waals surface area contributed by atoms with Gasteiger partial charge in [-0.3, -0.25) is 9.79 Å². The summed E-state index contributed by atoms with van der Waals surface area (Å²) in [6, 6.07) is 16.1. The van der Waals surface area contributed by atoms with Crippen LogP contribution in [0.1, 0.15) is 27.0 Å². The molecule has 1 amide bonds. The highest BCUT2D eigenvalue weighted by Crippen LogP contribution is 2.08. The van der Waals surface area contributed by atoms with Crippen molar-refractivity contribution in [2.24, 2.45) is 4.99 Å². The SMILES string of the molecule is CN=C(NCCc1cccc(C(=O)N(C)C)c1)NCc1ccccc1C.I. The van der Waals surface area contributed by atoms with Gasteiger partial charge in [0.2, 0.25) is 0 Å². The van der Waals surface area contributed by atoms with E-state index in [-0.39, 0.29) is 29.9 Å². The van der Waals surface area contributed by atoms with Gasteiger partial charge in [0.25, 0.3) is 5.91 Å². The second-order valence-electron chi connectivity index (χ2n) is 6.43. The quantitative estimate of drug-likeness (QED) is 0.379.